The van der Waals surface area contributed by atoms with Crippen molar-refractivity contribution in [3.63, 3.8) is 0 Å². The molecule has 1 heterocycles. The second kappa shape index (κ2) is 2.64. The second-order valence-corrected chi connectivity index (χ2v) is 1.32. The Labute approximate surface area is 43.2 Å². The maximum absolute atomic E-state index is 4.90. The van der Waals surface area contributed by atoms with E-state index in [0.29, 0.717) is 6.61 Å². The molecule has 0 aromatic rings. The Morgan fingerprint density at radius 3 is 3.57 bits per heavy atom. The zero-order valence-electron chi connectivity index (χ0n) is 4.05. The molecule has 0 spiro atoms. The van der Waals surface area contributed by atoms with Gasteiger partial charge in [0.15, 0.2) is 0 Å². The number of hydrogen-bond donors (Lipinski definition) is 1. The van der Waals surface area contributed by atoms with Gasteiger partial charge in [-0.3, -0.25) is 0 Å². The molecule has 0 aromatic heterocycles. The van der Waals surface area contributed by atoms with Gasteiger partial charge in [0.1, 0.15) is 6.61 Å². The average Bonchev–Trinajstić information content (AvgIpc) is 1.90. The molecule has 0 saturated carbocycles. The number of nitrogens with one attached hydrogen (secondary N) is 1. The van der Waals surface area contributed by atoms with E-state index in [0.717, 1.165) is 6.54 Å². The van der Waals surface area contributed by atoms with Gasteiger partial charge in [0.05, 0.1) is 12.8 Å². The minimum absolute atomic E-state index is 0.677. The second-order valence-electron chi connectivity index (χ2n) is 1.32. The average molecular weight is 98.1 g/mol. The fourth-order valence-electron chi connectivity index (χ4n) is 0.430. The smallest absolute Gasteiger partial charge is 0.104 e. The first-order chi connectivity index (χ1) is 3.50. The molecule has 1 rings (SSSR count). The summed E-state index contributed by atoms with van der Waals surface area (Å²) in [5.41, 5.74) is 0. The predicted molar refractivity (Wildman–Crippen MR) is 27.4 cm³/mol. The van der Waals surface area contributed by atoms with Crippen LogP contribution in [-0.2, 0) is 4.74 Å². The summed E-state index contributed by atoms with van der Waals surface area (Å²) < 4.78 is 4.90. The van der Waals surface area contributed by atoms with Gasteiger partial charge in [-0.2, -0.15) is 0 Å². The Morgan fingerprint density at radius 1 is 1.57 bits per heavy atom. The van der Waals surface area contributed by atoms with Crippen molar-refractivity contribution < 1.29 is 4.74 Å². The molecule has 0 atom stereocenters. The quantitative estimate of drug-likeness (QED) is 0.470. The van der Waals surface area contributed by atoms with E-state index in [-0.39, 0.29) is 0 Å². The van der Waals surface area contributed by atoms with Gasteiger partial charge in [-0.05, 0) is 6.08 Å². The van der Waals surface area contributed by atoms with Crippen LogP contribution in [0.1, 0.15) is 0 Å². The van der Waals surface area contributed by atoms with Crippen LogP contribution in [0.15, 0.2) is 12.3 Å². The van der Waals surface area contributed by atoms with Crippen LogP contribution in [0.4, 0.5) is 0 Å². The predicted octanol–water partition coefficient (Wildman–Crippen LogP) is 0.282. The fraction of sp³-hybridized carbons (Fsp3) is 0.400. The zero-order chi connectivity index (χ0) is 4.95. The van der Waals surface area contributed by atoms with E-state index in [4.69, 9.17) is 4.74 Å². The molecule has 1 aliphatic rings. The third kappa shape index (κ3) is 1.59. The van der Waals surface area contributed by atoms with Gasteiger partial charge in [-0.1, -0.05) is 0 Å². The fourth-order valence-corrected chi connectivity index (χ4v) is 0.430. The minimum Gasteiger partial charge on any atom is -0.500 e. The molecule has 1 N–H and O–H groups in total. The molecule has 0 aliphatic carbocycles. The third-order valence-electron chi connectivity index (χ3n) is 0.752. The van der Waals surface area contributed by atoms with Crippen LogP contribution in [0.3, 0.4) is 0 Å². The maximum Gasteiger partial charge on any atom is 0.104 e. The summed E-state index contributed by atoms with van der Waals surface area (Å²) in [6.07, 6.45) is 3.64. The molecule has 0 amide bonds. The van der Waals surface area contributed by atoms with E-state index in [1.807, 2.05) is 12.6 Å². The van der Waals surface area contributed by atoms with Crippen molar-refractivity contribution >= 4 is 0 Å². The lowest BCUT2D eigenvalue weighted by atomic mass is 10.6. The van der Waals surface area contributed by atoms with Gasteiger partial charge in [-0.15, -0.1) is 0 Å². The Kier molecular flexibility index (Phi) is 1.75. The standard InChI is InChI=1S/C5H8NO/c1-2-6-3-5-7-4-1/h1,3-4,6H,2,5H2. The van der Waals surface area contributed by atoms with Crippen molar-refractivity contribution in [1.82, 2.24) is 5.32 Å². The van der Waals surface area contributed by atoms with E-state index < -0.39 is 0 Å². The molecule has 7 heavy (non-hydrogen) atoms. The first-order valence-corrected chi connectivity index (χ1v) is 2.32. The summed E-state index contributed by atoms with van der Waals surface area (Å²) in [4.78, 5) is 0. The molecular weight excluding hydrogens is 90.1 g/mol. The van der Waals surface area contributed by atoms with Crippen molar-refractivity contribution in [1.29, 1.82) is 0 Å². The van der Waals surface area contributed by atoms with Gasteiger partial charge in [0.2, 0.25) is 0 Å². The molecule has 0 aromatic carbocycles. The molecule has 0 fully saturated rings. The molecule has 39 valence electrons. The molecule has 0 unspecified atom stereocenters. The summed E-state index contributed by atoms with van der Waals surface area (Å²) >= 11 is 0. The van der Waals surface area contributed by atoms with Crippen LogP contribution < -0.4 is 5.32 Å². The van der Waals surface area contributed by atoms with Crippen molar-refractivity contribution in [3.05, 3.63) is 18.9 Å². The SMILES string of the molecule is [CH]1COC=CCN1. The lowest BCUT2D eigenvalue weighted by Crippen LogP contribution is -2.09. The topological polar surface area (TPSA) is 21.3 Å². The highest BCUT2D eigenvalue weighted by Gasteiger charge is 1.86. The van der Waals surface area contributed by atoms with E-state index in [1.165, 1.54) is 0 Å². The van der Waals surface area contributed by atoms with Crippen molar-refractivity contribution in [2.75, 3.05) is 13.2 Å². The molecule has 1 aliphatic heterocycles. The molecule has 0 saturated heterocycles. The first-order valence-electron chi connectivity index (χ1n) is 2.32. The van der Waals surface area contributed by atoms with E-state index in [9.17, 15) is 0 Å². The highest BCUT2D eigenvalue weighted by atomic mass is 16.5. The third-order valence-corrected chi connectivity index (χ3v) is 0.752. The summed E-state index contributed by atoms with van der Waals surface area (Å²) in [7, 11) is 0. The van der Waals surface area contributed by atoms with Crippen LogP contribution in [0, 0.1) is 6.54 Å². The van der Waals surface area contributed by atoms with Gasteiger partial charge < -0.3 is 10.1 Å². The lowest BCUT2D eigenvalue weighted by molar-refractivity contribution is 0.277. The Morgan fingerprint density at radius 2 is 2.57 bits per heavy atom. The monoisotopic (exact) mass is 98.1 g/mol. The molecular formula is C5H8NO. The Bertz CT molecular complexity index is 62.5. The maximum atomic E-state index is 4.90. The molecule has 0 bridgehead atoms. The zero-order valence-corrected chi connectivity index (χ0v) is 4.05. The first kappa shape index (κ1) is 4.65. The summed E-state index contributed by atoms with van der Waals surface area (Å²) in [6.45, 7) is 3.45. The van der Waals surface area contributed by atoms with E-state index >= 15 is 0 Å². The van der Waals surface area contributed by atoms with Gasteiger partial charge in [-0.25, -0.2) is 0 Å². The van der Waals surface area contributed by atoms with Crippen LogP contribution in [0.5, 0.6) is 0 Å². The molecule has 1 radical (unpaired) electrons. The van der Waals surface area contributed by atoms with Gasteiger partial charge >= 0.3 is 0 Å². The van der Waals surface area contributed by atoms with Crippen LogP contribution in [0.25, 0.3) is 0 Å². The minimum atomic E-state index is 0.677. The number of hydrogen-bond acceptors (Lipinski definition) is 2. The van der Waals surface area contributed by atoms with Crippen LogP contribution >= 0.6 is 0 Å². The normalized spacial score (nSPS) is 20.6. The summed E-state index contributed by atoms with van der Waals surface area (Å²) in [6, 6.07) is 0. The Hall–Kier alpha value is -0.500. The molecule has 2 nitrogen and oxygen atoms in total. The highest BCUT2D eigenvalue weighted by molar-refractivity contribution is 4.82. The Balaban J connectivity index is 2.20. The summed E-state index contributed by atoms with van der Waals surface area (Å²) in [5.74, 6) is 0. The highest BCUT2D eigenvalue weighted by Crippen LogP contribution is 1.83. The summed E-state index contributed by atoms with van der Waals surface area (Å²) in [5, 5.41) is 3.01. The van der Waals surface area contributed by atoms with E-state index in [2.05, 4.69) is 5.32 Å². The van der Waals surface area contributed by atoms with Crippen molar-refractivity contribution in [2.45, 2.75) is 0 Å². The van der Waals surface area contributed by atoms with Gasteiger partial charge in [0.25, 0.3) is 0 Å². The number of rotatable bonds is 0. The van der Waals surface area contributed by atoms with Crippen molar-refractivity contribution in [2.24, 2.45) is 0 Å². The largest absolute Gasteiger partial charge is 0.500 e. The number of ether oxygens (including phenoxy) is 1. The van der Waals surface area contributed by atoms with Gasteiger partial charge in [0, 0.05) is 6.54 Å². The van der Waals surface area contributed by atoms with Crippen LogP contribution in [0.2, 0.25) is 0 Å². The lowest BCUT2D eigenvalue weighted by Gasteiger charge is -1.92. The van der Waals surface area contributed by atoms with Crippen molar-refractivity contribution in [3.8, 4) is 0 Å². The molecule has 2 heteroatoms. The van der Waals surface area contributed by atoms with E-state index in [1.54, 1.807) is 6.26 Å². The van der Waals surface area contributed by atoms with Crippen LogP contribution in [-0.4, -0.2) is 13.2 Å².